The highest BCUT2D eigenvalue weighted by Gasteiger charge is 2.27. The minimum absolute atomic E-state index is 0.167. The van der Waals surface area contributed by atoms with E-state index in [1.165, 1.54) is 16.8 Å². The van der Waals surface area contributed by atoms with Gasteiger partial charge in [-0.15, -0.1) is 0 Å². The third kappa shape index (κ3) is 6.07. The van der Waals surface area contributed by atoms with Crippen LogP contribution in [0.2, 0.25) is 0 Å². The molecule has 4 aromatic rings. The van der Waals surface area contributed by atoms with Crippen LogP contribution < -0.4 is 14.8 Å². The van der Waals surface area contributed by atoms with Gasteiger partial charge in [0.2, 0.25) is 0 Å². The molecule has 0 unspecified atom stereocenters. The number of anilines is 1. The maximum atomic E-state index is 13.3. The van der Waals surface area contributed by atoms with Crippen molar-refractivity contribution in [1.82, 2.24) is 19.6 Å². The summed E-state index contributed by atoms with van der Waals surface area (Å²) in [5.74, 6) is 1.56. The minimum atomic E-state index is -0.167. The number of hydrogen-bond acceptors (Lipinski definition) is 5. The highest BCUT2D eigenvalue weighted by molar-refractivity contribution is 5.89. The number of nitrogens with zero attached hydrogens (tertiary/aromatic N) is 4. The number of ether oxygens (including phenoxy) is 2. The van der Waals surface area contributed by atoms with Gasteiger partial charge in [-0.05, 0) is 48.9 Å². The second kappa shape index (κ2) is 12.0. The van der Waals surface area contributed by atoms with Gasteiger partial charge in [-0.25, -0.2) is 9.48 Å². The number of nitrogens with one attached hydrogen (secondary N) is 1. The number of amides is 2. The summed E-state index contributed by atoms with van der Waals surface area (Å²) in [6.45, 7) is 5.52. The Hall–Kier alpha value is -4.30. The van der Waals surface area contributed by atoms with Crippen molar-refractivity contribution in [2.45, 2.75) is 33.0 Å². The Morgan fingerprint density at radius 1 is 0.974 bits per heavy atom. The first-order valence-electron chi connectivity index (χ1n) is 13.3. The molecule has 2 amide bonds. The van der Waals surface area contributed by atoms with E-state index < -0.39 is 0 Å². The number of para-hydroxylation sites is 1. The Morgan fingerprint density at radius 3 is 2.46 bits per heavy atom. The highest BCUT2D eigenvalue weighted by Crippen LogP contribution is 2.28. The van der Waals surface area contributed by atoms with Gasteiger partial charge in [0.1, 0.15) is 11.5 Å². The number of fused-ring (bicyclic) bond motifs is 1. The second-order valence-electron chi connectivity index (χ2n) is 9.60. The average Bonchev–Trinajstić information content (AvgIpc) is 3.34. The van der Waals surface area contributed by atoms with E-state index in [4.69, 9.17) is 14.6 Å². The van der Waals surface area contributed by atoms with Crippen LogP contribution in [-0.2, 0) is 26.1 Å². The van der Waals surface area contributed by atoms with Crippen molar-refractivity contribution < 1.29 is 14.3 Å². The first-order chi connectivity index (χ1) is 19.1. The Kier molecular flexibility index (Phi) is 8.13. The first kappa shape index (κ1) is 26.3. The monoisotopic (exact) mass is 525 g/mol. The van der Waals surface area contributed by atoms with E-state index in [2.05, 4.69) is 39.2 Å². The predicted molar refractivity (Wildman–Crippen MR) is 152 cm³/mol. The number of aromatic nitrogens is 2. The van der Waals surface area contributed by atoms with Crippen LogP contribution >= 0.6 is 0 Å². The summed E-state index contributed by atoms with van der Waals surface area (Å²) in [6.07, 6.45) is 0.884. The molecule has 5 rings (SSSR count). The summed E-state index contributed by atoms with van der Waals surface area (Å²) in [4.78, 5) is 17.5. The van der Waals surface area contributed by atoms with Crippen LogP contribution in [0.1, 0.15) is 29.4 Å². The Bertz CT molecular complexity index is 1400. The molecule has 1 aliphatic rings. The van der Waals surface area contributed by atoms with Gasteiger partial charge in [0, 0.05) is 49.9 Å². The summed E-state index contributed by atoms with van der Waals surface area (Å²) in [7, 11) is 3.30. The Labute approximate surface area is 229 Å². The number of urea groups is 1. The number of carbonyl (C=O) groups is 1. The molecule has 1 aliphatic heterocycles. The van der Waals surface area contributed by atoms with Crippen molar-refractivity contribution in [2.75, 3.05) is 32.6 Å². The number of hydrogen-bond donors (Lipinski definition) is 1. The summed E-state index contributed by atoms with van der Waals surface area (Å²) >= 11 is 0. The van der Waals surface area contributed by atoms with Crippen molar-refractivity contribution in [3.05, 3.63) is 101 Å². The van der Waals surface area contributed by atoms with Crippen LogP contribution in [0.4, 0.5) is 10.5 Å². The topological polar surface area (TPSA) is 71.9 Å². The molecule has 1 N–H and O–H groups in total. The van der Waals surface area contributed by atoms with E-state index >= 15 is 0 Å². The van der Waals surface area contributed by atoms with Gasteiger partial charge in [0.05, 0.1) is 37.8 Å². The Morgan fingerprint density at radius 2 is 1.74 bits per heavy atom. The lowest BCUT2D eigenvalue weighted by atomic mass is 10.0. The van der Waals surface area contributed by atoms with Gasteiger partial charge < -0.3 is 19.7 Å². The van der Waals surface area contributed by atoms with Crippen LogP contribution in [0.3, 0.4) is 0 Å². The first-order valence-corrected chi connectivity index (χ1v) is 13.3. The average molecular weight is 526 g/mol. The molecule has 202 valence electrons. The van der Waals surface area contributed by atoms with E-state index in [1.54, 1.807) is 19.1 Å². The van der Waals surface area contributed by atoms with Gasteiger partial charge >= 0.3 is 6.03 Å². The lowest BCUT2D eigenvalue weighted by Gasteiger charge is -2.28. The van der Waals surface area contributed by atoms with Gasteiger partial charge in [-0.2, -0.15) is 5.10 Å². The maximum absolute atomic E-state index is 13.3. The summed E-state index contributed by atoms with van der Waals surface area (Å²) in [5, 5.41) is 8.07. The summed E-state index contributed by atoms with van der Waals surface area (Å²) in [6, 6.07) is 25.7. The lowest BCUT2D eigenvalue weighted by molar-refractivity contribution is 0.210. The normalized spacial score (nSPS) is 13.0. The maximum Gasteiger partial charge on any atom is 0.322 e. The van der Waals surface area contributed by atoms with E-state index in [0.717, 1.165) is 43.2 Å². The Balaban J connectivity index is 1.39. The fourth-order valence-electron chi connectivity index (χ4n) is 4.99. The van der Waals surface area contributed by atoms with Crippen molar-refractivity contribution in [3.8, 4) is 17.2 Å². The van der Waals surface area contributed by atoms with Crippen molar-refractivity contribution in [3.63, 3.8) is 0 Å². The van der Waals surface area contributed by atoms with Gasteiger partial charge in [0.25, 0.3) is 0 Å². The van der Waals surface area contributed by atoms with Crippen molar-refractivity contribution >= 4 is 11.7 Å². The molecule has 0 saturated heterocycles. The fourth-order valence-corrected chi connectivity index (χ4v) is 4.99. The largest absolute Gasteiger partial charge is 0.497 e. The third-order valence-electron chi connectivity index (χ3n) is 7.12. The smallest absolute Gasteiger partial charge is 0.322 e. The quantitative estimate of drug-likeness (QED) is 0.312. The van der Waals surface area contributed by atoms with Crippen LogP contribution in [0.5, 0.6) is 11.5 Å². The van der Waals surface area contributed by atoms with Crippen LogP contribution in [0.15, 0.2) is 78.9 Å². The van der Waals surface area contributed by atoms with E-state index in [9.17, 15) is 4.79 Å². The fraction of sp³-hybridized carbons (Fsp3) is 0.290. The number of methoxy groups -OCH3 is 2. The predicted octanol–water partition coefficient (Wildman–Crippen LogP) is 5.50. The molecule has 0 aliphatic carbocycles. The number of benzene rings is 3. The molecular formula is C31H35N5O3. The molecule has 0 bridgehead atoms. The molecule has 0 radical (unpaired) electrons. The number of rotatable bonds is 9. The lowest BCUT2D eigenvalue weighted by Crippen LogP contribution is -2.35. The highest BCUT2D eigenvalue weighted by atomic mass is 16.5. The molecule has 3 aromatic carbocycles. The van der Waals surface area contributed by atoms with Gasteiger partial charge in [0.15, 0.2) is 0 Å². The second-order valence-corrected chi connectivity index (χ2v) is 9.60. The van der Waals surface area contributed by atoms with Gasteiger partial charge in [-0.1, -0.05) is 36.4 Å². The third-order valence-corrected chi connectivity index (χ3v) is 7.12. The van der Waals surface area contributed by atoms with Crippen LogP contribution in [-0.4, -0.2) is 52.9 Å². The van der Waals surface area contributed by atoms with Gasteiger partial charge in [-0.3, -0.25) is 4.90 Å². The van der Waals surface area contributed by atoms with Crippen molar-refractivity contribution in [2.24, 2.45) is 0 Å². The zero-order chi connectivity index (χ0) is 27.2. The van der Waals surface area contributed by atoms with E-state index in [-0.39, 0.29) is 6.03 Å². The SMILES string of the molecule is CCN(Cc1nn(-c2ccccc2)c2c1CN(Cc1ccc(OC)cc1)CC2)C(=O)Nc1cccc(OC)c1. The summed E-state index contributed by atoms with van der Waals surface area (Å²) < 4.78 is 12.7. The molecule has 2 heterocycles. The molecule has 1 aromatic heterocycles. The summed E-state index contributed by atoms with van der Waals surface area (Å²) in [5.41, 5.74) is 6.31. The number of carbonyl (C=O) groups excluding carboxylic acids is 1. The molecule has 39 heavy (non-hydrogen) atoms. The molecule has 0 atom stereocenters. The van der Waals surface area contributed by atoms with Crippen molar-refractivity contribution in [1.29, 1.82) is 0 Å². The van der Waals surface area contributed by atoms with E-state index in [1.807, 2.05) is 61.5 Å². The van der Waals surface area contributed by atoms with Crippen LogP contribution in [0, 0.1) is 0 Å². The molecule has 0 fully saturated rings. The minimum Gasteiger partial charge on any atom is -0.497 e. The molecule has 8 nitrogen and oxygen atoms in total. The molecule has 8 heteroatoms. The zero-order valence-electron chi connectivity index (χ0n) is 22.8. The molecular weight excluding hydrogens is 490 g/mol. The zero-order valence-corrected chi connectivity index (χ0v) is 22.8. The molecule has 0 saturated carbocycles. The standard InChI is InChI=1S/C31H35N5O3/c1-4-35(31(37)32-24-9-8-12-27(19-24)39-3)22-29-28-21-34(20-23-13-15-26(38-2)16-14-23)18-17-30(28)36(33-29)25-10-6-5-7-11-25/h5-16,19H,4,17-18,20-22H2,1-3H3,(H,32,37). The van der Waals surface area contributed by atoms with E-state index in [0.29, 0.717) is 24.5 Å². The van der Waals surface area contributed by atoms with Crippen LogP contribution in [0.25, 0.3) is 5.69 Å². The molecule has 0 spiro atoms.